The summed E-state index contributed by atoms with van der Waals surface area (Å²) in [4.78, 5) is 22.4. The molecule has 4 nitrogen and oxygen atoms in total. The molecule has 0 fully saturated rings. The maximum atomic E-state index is 11.2. The Labute approximate surface area is 170 Å². The Kier molecular flexibility index (Phi) is 8.72. The zero-order chi connectivity index (χ0) is 21.5. The summed E-state index contributed by atoms with van der Waals surface area (Å²) in [5, 5.41) is 18.4. The minimum Gasteiger partial charge on any atom is -0.481 e. The van der Waals surface area contributed by atoms with E-state index in [9.17, 15) is 19.8 Å². The minimum absolute atomic E-state index is 0.655. The van der Waals surface area contributed by atoms with Crippen molar-refractivity contribution >= 4 is 11.9 Å². The van der Waals surface area contributed by atoms with Crippen LogP contribution in [0.1, 0.15) is 88.5 Å². The number of hydrogen-bond donors (Lipinski definition) is 2. The van der Waals surface area contributed by atoms with Gasteiger partial charge in [0.25, 0.3) is 0 Å². The van der Waals surface area contributed by atoms with Crippen LogP contribution in [-0.4, -0.2) is 22.2 Å². The molecule has 4 heteroatoms. The second-order valence-corrected chi connectivity index (χ2v) is 9.49. The molecule has 0 aromatic heterocycles. The molecule has 0 bridgehead atoms. The quantitative estimate of drug-likeness (QED) is 0.432. The van der Waals surface area contributed by atoms with Gasteiger partial charge >= 0.3 is 11.9 Å². The molecular weight excluding hydrogens is 352 g/mol. The molecule has 0 aliphatic rings. The highest BCUT2D eigenvalue weighted by Crippen LogP contribution is 2.27. The average molecular weight is 391 g/mol. The van der Waals surface area contributed by atoms with Crippen LogP contribution >= 0.6 is 0 Å². The molecule has 0 atom stereocenters. The molecule has 1 aromatic rings. The van der Waals surface area contributed by atoms with Crippen LogP contribution in [0, 0.1) is 24.7 Å². The van der Waals surface area contributed by atoms with Crippen molar-refractivity contribution in [2.45, 2.75) is 92.9 Å². The summed E-state index contributed by atoms with van der Waals surface area (Å²) in [5.41, 5.74) is 3.98. The van der Waals surface area contributed by atoms with Gasteiger partial charge in [-0.05, 0) is 102 Å². The smallest absolute Gasteiger partial charge is 0.309 e. The number of aryl methyl sites for hydroxylation is 3. The highest BCUT2D eigenvalue weighted by atomic mass is 16.4. The van der Waals surface area contributed by atoms with Crippen molar-refractivity contribution in [3.8, 4) is 0 Å². The second-order valence-electron chi connectivity index (χ2n) is 9.49. The van der Waals surface area contributed by atoms with Crippen LogP contribution in [0.15, 0.2) is 12.1 Å². The van der Waals surface area contributed by atoms with Crippen LogP contribution in [0.3, 0.4) is 0 Å². The second kappa shape index (κ2) is 10.1. The van der Waals surface area contributed by atoms with Crippen LogP contribution in [-0.2, 0) is 22.4 Å². The fraction of sp³-hybridized carbons (Fsp3) is 0.667. The Morgan fingerprint density at radius 1 is 0.786 bits per heavy atom. The topological polar surface area (TPSA) is 74.6 Å². The van der Waals surface area contributed by atoms with E-state index in [0.29, 0.717) is 12.8 Å². The first-order valence-corrected chi connectivity index (χ1v) is 10.4. The molecule has 1 aromatic carbocycles. The SMILES string of the molecule is Cc1cc(CCCCC(C)(C)C(=O)O)cc(CCCCC(C)(C)C(=O)O)c1C. The summed E-state index contributed by atoms with van der Waals surface area (Å²) in [5.74, 6) is -1.46. The fourth-order valence-corrected chi connectivity index (χ4v) is 3.41. The molecular formula is C24H38O4. The highest BCUT2D eigenvalue weighted by Gasteiger charge is 2.26. The van der Waals surface area contributed by atoms with E-state index >= 15 is 0 Å². The molecule has 0 aliphatic carbocycles. The van der Waals surface area contributed by atoms with Crippen LogP contribution in [0.2, 0.25) is 0 Å². The highest BCUT2D eigenvalue weighted by molar-refractivity contribution is 5.73. The normalized spacial score (nSPS) is 12.2. The predicted molar refractivity (Wildman–Crippen MR) is 114 cm³/mol. The van der Waals surface area contributed by atoms with E-state index in [-0.39, 0.29) is 0 Å². The van der Waals surface area contributed by atoms with Gasteiger partial charge in [-0.25, -0.2) is 0 Å². The van der Waals surface area contributed by atoms with E-state index in [1.165, 1.54) is 22.3 Å². The van der Waals surface area contributed by atoms with Crippen LogP contribution in [0.25, 0.3) is 0 Å². The number of carbonyl (C=O) groups is 2. The molecule has 0 heterocycles. The molecule has 0 spiro atoms. The molecule has 158 valence electrons. The van der Waals surface area contributed by atoms with Crippen LogP contribution in [0.5, 0.6) is 0 Å². The van der Waals surface area contributed by atoms with Gasteiger partial charge in [-0.15, -0.1) is 0 Å². The first-order valence-electron chi connectivity index (χ1n) is 10.4. The number of carboxylic acids is 2. The standard InChI is InChI=1S/C24H38O4/c1-17-15-19(11-7-9-13-23(3,4)21(25)26)16-20(18(17)2)12-8-10-14-24(5,6)22(27)28/h15-16H,7-14H2,1-6H3,(H,25,26)(H,27,28). The van der Waals surface area contributed by atoms with Crippen LogP contribution in [0.4, 0.5) is 0 Å². The van der Waals surface area contributed by atoms with Gasteiger partial charge in [0.15, 0.2) is 0 Å². The first kappa shape index (κ1) is 24.2. The lowest BCUT2D eigenvalue weighted by atomic mass is 9.86. The largest absolute Gasteiger partial charge is 0.481 e. The molecule has 0 radical (unpaired) electrons. The molecule has 28 heavy (non-hydrogen) atoms. The zero-order valence-corrected chi connectivity index (χ0v) is 18.5. The maximum Gasteiger partial charge on any atom is 0.309 e. The summed E-state index contributed by atoms with van der Waals surface area (Å²) < 4.78 is 0. The molecule has 1 rings (SSSR count). The third-order valence-electron chi connectivity index (χ3n) is 6.01. The molecule has 0 amide bonds. The number of aliphatic carboxylic acids is 2. The van der Waals surface area contributed by atoms with Gasteiger partial charge in [-0.1, -0.05) is 25.0 Å². The van der Waals surface area contributed by atoms with Gasteiger partial charge in [0.1, 0.15) is 0 Å². The Hall–Kier alpha value is -1.84. The van der Waals surface area contributed by atoms with E-state index in [0.717, 1.165) is 38.5 Å². The zero-order valence-electron chi connectivity index (χ0n) is 18.5. The van der Waals surface area contributed by atoms with Gasteiger partial charge in [0.2, 0.25) is 0 Å². The maximum absolute atomic E-state index is 11.2. The molecule has 0 aliphatic heterocycles. The van der Waals surface area contributed by atoms with Gasteiger partial charge < -0.3 is 10.2 Å². The van der Waals surface area contributed by atoms with Crippen molar-refractivity contribution in [3.05, 3.63) is 34.4 Å². The van der Waals surface area contributed by atoms with E-state index in [1.54, 1.807) is 27.7 Å². The molecule has 0 saturated heterocycles. The Bertz CT molecular complexity index is 686. The first-order chi connectivity index (χ1) is 12.9. The summed E-state index contributed by atoms with van der Waals surface area (Å²) in [7, 11) is 0. The summed E-state index contributed by atoms with van der Waals surface area (Å²) in [6, 6.07) is 4.53. The van der Waals surface area contributed by atoms with Crippen LogP contribution < -0.4 is 0 Å². The van der Waals surface area contributed by atoms with Gasteiger partial charge in [-0.2, -0.15) is 0 Å². The number of unbranched alkanes of at least 4 members (excludes halogenated alkanes) is 2. The van der Waals surface area contributed by atoms with Crippen molar-refractivity contribution in [3.63, 3.8) is 0 Å². The minimum atomic E-state index is -0.730. The Balaban J connectivity index is 2.59. The van der Waals surface area contributed by atoms with E-state index in [1.807, 2.05) is 0 Å². The van der Waals surface area contributed by atoms with Gasteiger partial charge in [0, 0.05) is 0 Å². The third-order valence-corrected chi connectivity index (χ3v) is 6.01. The fourth-order valence-electron chi connectivity index (χ4n) is 3.41. The summed E-state index contributed by atoms with van der Waals surface area (Å²) >= 11 is 0. The van der Waals surface area contributed by atoms with Crippen molar-refractivity contribution < 1.29 is 19.8 Å². The predicted octanol–water partition coefficient (Wildman–Crippen LogP) is 5.95. The third kappa shape index (κ3) is 7.29. The van der Waals surface area contributed by atoms with Crippen molar-refractivity contribution in [1.82, 2.24) is 0 Å². The van der Waals surface area contributed by atoms with Crippen molar-refractivity contribution in [2.75, 3.05) is 0 Å². The Morgan fingerprint density at radius 2 is 1.25 bits per heavy atom. The number of benzene rings is 1. The van der Waals surface area contributed by atoms with Gasteiger partial charge in [-0.3, -0.25) is 9.59 Å². The number of rotatable bonds is 12. The summed E-state index contributed by atoms with van der Waals surface area (Å²) in [6.45, 7) is 11.5. The monoisotopic (exact) mass is 390 g/mol. The van der Waals surface area contributed by atoms with E-state index in [2.05, 4.69) is 26.0 Å². The van der Waals surface area contributed by atoms with E-state index < -0.39 is 22.8 Å². The molecule has 2 N–H and O–H groups in total. The Morgan fingerprint density at radius 3 is 1.71 bits per heavy atom. The molecule has 0 saturated carbocycles. The van der Waals surface area contributed by atoms with E-state index in [4.69, 9.17) is 0 Å². The van der Waals surface area contributed by atoms with Crippen molar-refractivity contribution in [1.29, 1.82) is 0 Å². The van der Waals surface area contributed by atoms with Crippen molar-refractivity contribution in [2.24, 2.45) is 10.8 Å². The van der Waals surface area contributed by atoms with Gasteiger partial charge in [0.05, 0.1) is 10.8 Å². The lowest BCUT2D eigenvalue weighted by Crippen LogP contribution is -2.23. The average Bonchev–Trinajstić information content (AvgIpc) is 2.59. The number of hydrogen-bond acceptors (Lipinski definition) is 2. The molecule has 0 unspecified atom stereocenters. The lowest BCUT2D eigenvalue weighted by molar-refractivity contribution is -0.148. The summed E-state index contributed by atoms with van der Waals surface area (Å²) in [6.07, 6.45) is 7.13. The lowest BCUT2D eigenvalue weighted by Gasteiger charge is -2.19. The number of carboxylic acid groups (broad SMARTS) is 2.